The molecule has 5 heterocycles. The van der Waals surface area contributed by atoms with E-state index in [2.05, 4.69) is 33.2 Å². The molecule has 2 aromatic heterocycles. The van der Waals surface area contributed by atoms with Crippen LogP contribution in [0.25, 0.3) is 18.2 Å². The van der Waals surface area contributed by atoms with Gasteiger partial charge in [0.25, 0.3) is 5.91 Å². The number of nitrogens with one attached hydrogen (secondary N) is 4. The zero-order valence-corrected chi connectivity index (χ0v) is 27.9. The van der Waals surface area contributed by atoms with Crippen molar-refractivity contribution < 1.29 is 29.4 Å². The number of thiol groups is 2. The molecule has 0 radical (unpaired) electrons. The Balaban J connectivity index is 1.63. The lowest BCUT2D eigenvalue weighted by molar-refractivity contribution is -0.138. The van der Waals surface area contributed by atoms with E-state index in [9.17, 15) is 29.4 Å². The fraction of sp³-hybridized carbons (Fsp3) is 0.455. The van der Waals surface area contributed by atoms with E-state index in [1.807, 2.05) is 52.8 Å². The Morgan fingerprint density at radius 2 is 1.62 bits per heavy atom. The second-order valence-corrected chi connectivity index (χ2v) is 14.5. The van der Waals surface area contributed by atoms with Crippen molar-refractivity contribution >= 4 is 66.4 Å². The summed E-state index contributed by atoms with van der Waals surface area (Å²) in [5.41, 5.74) is 7.55. The van der Waals surface area contributed by atoms with Gasteiger partial charge in [0.2, 0.25) is 5.91 Å². The average Bonchev–Trinajstić information content (AvgIpc) is 3.52. The van der Waals surface area contributed by atoms with E-state index in [0.717, 1.165) is 55.9 Å². The van der Waals surface area contributed by atoms with Gasteiger partial charge in [0.1, 0.15) is 0 Å². The molecular weight excluding hydrogens is 613 g/mol. The lowest BCUT2D eigenvalue weighted by Gasteiger charge is -2.17. The quantitative estimate of drug-likeness (QED) is 0.111. The minimum absolute atomic E-state index is 0.0279. The van der Waals surface area contributed by atoms with Crippen LogP contribution >= 0.6 is 12.6 Å². The van der Waals surface area contributed by atoms with Crippen molar-refractivity contribution in [1.29, 1.82) is 0 Å². The van der Waals surface area contributed by atoms with Crippen LogP contribution in [0.3, 0.4) is 0 Å². The SMILES string of the molecule is CC1=C([C@@H]2C[SH+]2)C(=O)N[C@@H]1/C=c1/[nH]/c(=C\c2[nH]c(/C=C3\NC(=O)[C@H](C)[C@H]3[C@H](C)S)c(C)c2CCC(=O)O)c(CCC(=O)O)c1C. The third kappa shape index (κ3) is 6.81. The van der Waals surface area contributed by atoms with Crippen molar-refractivity contribution in [3.8, 4) is 0 Å². The molecule has 0 spiro atoms. The molecule has 2 fully saturated rings. The number of rotatable bonds is 11. The van der Waals surface area contributed by atoms with Gasteiger partial charge in [0.15, 0.2) is 11.0 Å². The second kappa shape index (κ2) is 13.0. The minimum atomic E-state index is -0.913. The van der Waals surface area contributed by atoms with E-state index < -0.39 is 11.9 Å². The Morgan fingerprint density at radius 1 is 0.978 bits per heavy atom. The third-order valence-electron chi connectivity index (χ3n) is 9.22. The molecule has 2 amide bonds. The zero-order chi connectivity index (χ0) is 32.7. The minimum Gasteiger partial charge on any atom is -0.481 e. The standard InChI is InChI=1S/C33H40N4O6S2/c1-14-19(6-8-28(38)39)24(34-21(14)10-23-16(3)31(27-13-45-27)33(43)36-23)12-25-20(7-9-29(40)41)15(2)22(35-25)11-26-30(18(5)44)17(4)32(42)37-26/h10-12,17-18,23,27,30,34-35,44H,6-9,13H2,1-5H3,(H,36,43)(H,37,42)(H,38,39)(H,40,41)/p+1/b21-10+,24-12-,26-11-/t17-,18+,23-,27+,30+/m1/s1. The summed E-state index contributed by atoms with van der Waals surface area (Å²) in [5, 5.41) is 26.8. The van der Waals surface area contributed by atoms with E-state index in [4.69, 9.17) is 0 Å². The number of carbonyl (C=O) groups excluding carboxylic acids is 2. The maximum Gasteiger partial charge on any atom is 0.303 e. The molecule has 2 aromatic rings. The van der Waals surface area contributed by atoms with E-state index in [1.165, 1.54) is 11.8 Å². The number of hydrogen-bond acceptors (Lipinski definition) is 5. The summed E-state index contributed by atoms with van der Waals surface area (Å²) in [5.74, 6) is -1.23. The van der Waals surface area contributed by atoms with Crippen LogP contribution in [0.15, 0.2) is 16.8 Å². The lowest BCUT2D eigenvalue weighted by atomic mass is 9.91. The Labute approximate surface area is 271 Å². The monoisotopic (exact) mass is 653 g/mol. The number of allylic oxidation sites excluding steroid dienone is 1. The van der Waals surface area contributed by atoms with Crippen LogP contribution < -0.4 is 21.3 Å². The molecule has 5 rings (SSSR count). The summed E-state index contributed by atoms with van der Waals surface area (Å²) in [6.07, 6.45) is 6.26. The predicted octanol–water partition coefficient (Wildman–Crippen LogP) is 1.66. The zero-order valence-electron chi connectivity index (χ0n) is 26.1. The van der Waals surface area contributed by atoms with Gasteiger partial charge in [-0.05, 0) is 91.4 Å². The van der Waals surface area contributed by atoms with Crippen molar-refractivity contribution in [3.63, 3.8) is 0 Å². The van der Waals surface area contributed by atoms with Gasteiger partial charge in [-0.1, -0.05) is 13.8 Å². The van der Waals surface area contributed by atoms with Crippen LogP contribution in [-0.2, 0) is 43.8 Å². The number of amides is 2. The van der Waals surface area contributed by atoms with Gasteiger partial charge in [-0.15, -0.1) is 0 Å². The molecule has 0 saturated carbocycles. The van der Waals surface area contributed by atoms with E-state index in [-0.39, 0.29) is 54.2 Å². The number of aromatic nitrogens is 2. The molecule has 5 atom stereocenters. The molecule has 12 heteroatoms. The number of aliphatic carboxylic acids is 2. The largest absolute Gasteiger partial charge is 0.481 e. The van der Waals surface area contributed by atoms with Crippen molar-refractivity contribution in [2.24, 2.45) is 11.8 Å². The molecule has 240 valence electrons. The number of aromatic amines is 2. The van der Waals surface area contributed by atoms with Crippen molar-refractivity contribution in [2.75, 3.05) is 5.75 Å². The normalized spacial score (nSPS) is 25.3. The number of carboxylic acid groups (broad SMARTS) is 2. The van der Waals surface area contributed by atoms with Crippen LogP contribution in [0.4, 0.5) is 0 Å². The van der Waals surface area contributed by atoms with E-state index in [0.29, 0.717) is 22.7 Å². The van der Waals surface area contributed by atoms with Crippen LogP contribution in [0.1, 0.15) is 67.3 Å². The van der Waals surface area contributed by atoms with Gasteiger partial charge >= 0.3 is 11.9 Å². The van der Waals surface area contributed by atoms with E-state index >= 15 is 0 Å². The summed E-state index contributed by atoms with van der Waals surface area (Å²) < 4.78 is 0. The maximum absolute atomic E-state index is 12.7. The Morgan fingerprint density at radius 3 is 2.22 bits per heavy atom. The second-order valence-electron chi connectivity index (χ2n) is 12.3. The number of hydrogen-bond donors (Lipinski definition) is 7. The summed E-state index contributed by atoms with van der Waals surface area (Å²) >= 11 is 5.90. The van der Waals surface area contributed by atoms with Crippen molar-refractivity contribution in [3.05, 3.63) is 61.2 Å². The summed E-state index contributed by atoms with van der Waals surface area (Å²) in [7, 11) is 0. The molecule has 3 aliphatic heterocycles. The highest BCUT2D eigenvalue weighted by molar-refractivity contribution is 7.87. The molecule has 3 aliphatic rings. The highest BCUT2D eigenvalue weighted by Gasteiger charge is 2.46. The van der Waals surface area contributed by atoms with Gasteiger partial charge in [-0.3, -0.25) is 19.2 Å². The average molecular weight is 654 g/mol. The molecule has 2 saturated heterocycles. The third-order valence-corrected chi connectivity index (χ3v) is 10.5. The van der Waals surface area contributed by atoms with E-state index in [1.54, 1.807) is 0 Å². The first kappa shape index (κ1) is 32.7. The van der Waals surface area contributed by atoms with Crippen LogP contribution in [-0.4, -0.2) is 66.2 Å². The first-order valence-electron chi connectivity index (χ1n) is 15.2. The Bertz CT molecular complexity index is 1760. The molecule has 10 nitrogen and oxygen atoms in total. The Kier molecular flexibility index (Phi) is 9.46. The molecule has 0 unspecified atom stereocenters. The number of H-pyrrole nitrogens is 2. The first-order valence-corrected chi connectivity index (χ1v) is 16.9. The molecule has 6 N–H and O–H groups in total. The smallest absolute Gasteiger partial charge is 0.303 e. The van der Waals surface area contributed by atoms with Crippen LogP contribution in [0.5, 0.6) is 0 Å². The highest BCUT2D eigenvalue weighted by atomic mass is 32.2. The summed E-state index contributed by atoms with van der Waals surface area (Å²) in [4.78, 5) is 55.3. The molecule has 45 heavy (non-hydrogen) atoms. The fourth-order valence-corrected chi connectivity index (χ4v) is 7.77. The highest BCUT2D eigenvalue weighted by Crippen LogP contribution is 2.34. The summed E-state index contributed by atoms with van der Waals surface area (Å²) in [6.45, 7) is 9.69. The summed E-state index contributed by atoms with van der Waals surface area (Å²) in [6, 6.07) is -0.260. The first-order chi connectivity index (χ1) is 21.3. The number of carbonyl (C=O) groups is 4. The van der Waals surface area contributed by atoms with Gasteiger partial charge in [0, 0.05) is 57.7 Å². The van der Waals surface area contributed by atoms with Gasteiger partial charge in [-0.25, -0.2) is 0 Å². The van der Waals surface area contributed by atoms with Gasteiger partial charge < -0.3 is 30.8 Å². The van der Waals surface area contributed by atoms with Crippen molar-refractivity contribution in [1.82, 2.24) is 20.6 Å². The fourth-order valence-electron chi connectivity index (χ4n) is 6.56. The predicted molar refractivity (Wildman–Crippen MR) is 180 cm³/mol. The lowest BCUT2D eigenvalue weighted by Crippen LogP contribution is -2.29. The van der Waals surface area contributed by atoms with Crippen LogP contribution in [0, 0.1) is 25.7 Å². The van der Waals surface area contributed by atoms with Crippen molar-refractivity contribution in [2.45, 2.75) is 76.8 Å². The van der Waals surface area contributed by atoms with Crippen LogP contribution in [0.2, 0.25) is 0 Å². The maximum atomic E-state index is 12.7. The number of carboxylic acids is 2. The van der Waals surface area contributed by atoms with Gasteiger partial charge in [0.05, 0.1) is 11.6 Å². The molecule has 0 bridgehead atoms. The molecule has 0 aliphatic carbocycles. The molecule has 0 aromatic carbocycles. The van der Waals surface area contributed by atoms with Gasteiger partial charge in [-0.2, -0.15) is 12.6 Å². The molecular formula is C33H41N4O6S2+. The Hall–Kier alpha value is -3.64. The topological polar surface area (TPSA) is 164 Å².